The van der Waals surface area contributed by atoms with Crippen LogP contribution in [0.3, 0.4) is 0 Å². The second kappa shape index (κ2) is 10.8. The summed E-state index contributed by atoms with van der Waals surface area (Å²) in [5, 5.41) is 3.24. The molecule has 6 nitrogen and oxygen atoms in total. The smallest absolute Gasteiger partial charge is 0.251 e. The number of nitrogens with two attached hydrogens (primary N) is 1. The van der Waals surface area contributed by atoms with Crippen LogP contribution in [0.25, 0.3) is 11.1 Å². The number of nitrogens with zero attached hydrogens (tertiary/aromatic N) is 1. The van der Waals surface area contributed by atoms with Crippen LogP contribution in [0.1, 0.15) is 47.7 Å². The summed E-state index contributed by atoms with van der Waals surface area (Å²) in [7, 11) is 1.64. The Morgan fingerprint density at radius 1 is 1.13 bits per heavy atom. The molecule has 1 aliphatic carbocycles. The van der Waals surface area contributed by atoms with Crippen molar-refractivity contribution in [1.29, 1.82) is 0 Å². The van der Waals surface area contributed by atoms with Crippen LogP contribution in [0.4, 0.5) is 4.39 Å². The van der Waals surface area contributed by atoms with E-state index in [0.717, 1.165) is 48.1 Å². The van der Waals surface area contributed by atoms with Crippen molar-refractivity contribution in [2.45, 2.75) is 57.3 Å². The number of amides is 1. The molecule has 1 amide bonds. The molecule has 2 aliphatic rings. The Morgan fingerprint density at radius 3 is 2.61 bits per heavy atom. The van der Waals surface area contributed by atoms with E-state index in [4.69, 9.17) is 15.2 Å². The van der Waals surface area contributed by atoms with Crippen molar-refractivity contribution in [3.05, 3.63) is 83.2 Å². The zero-order valence-corrected chi connectivity index (χ0v) is 22.3. The van der Waals surface area contributed by atoms with Gasteiger partial charge < -0.3 is 20.5 Å². The molecule has 3 aromatic carbocycles. The number of hydrogen-bond acceptors (Lipinski definition) is 5. The minimum absolute atomic E-state index is 0.0647. The fourth-order valence-electron chi connectivity index (χ4n) is 6.18. The predicted octanol–water partition coefficient (Wildman–Crippen LogP) is 5.07. The van der Waals surface area contributed by atoms with Crippen LogP contribution in [0.5, 0.6) is 11.5 Å². The molecule has 0 aromatic heterocycles. The highest BCUT2D eigenvalue weighted by atomic mass is 19.1. The van der Waals surface area contributed by atoms with E-state index in [1.54, 1.807) is 19.2 Å². The Bertz CT molecular complexity index is 1310. The SMILES string of the molecule is CCOc1cc(CN2CCC3(N)C(NC(=O)c4cccc(C)c4)CCC23)cc(OC)c1-c1ccc(F)cc1. The summed E-state index contributed by atoms with van der Waals surface area (Å²) in [6, 6.07) is 18.2. The zero-order chi connectivity index (χ0) is 26.9. The van der Waals surface area contributed by atoms with Gasteiger partial charge in [-0.3, -0.25) is 9.69 Å². The number of hydrogen-bond donors (Lipinski definition) is 2. The van der Waals surface area contributed by atoms with E-state index in [0.29, 0.717) is 30.2 Å². The van der Waals surface area contributed by atoms with Crippen molar-refractivity contribution < 1.29 is 18.7 Å². The monoisotopic (exact) mass is 517 g/mol. The molecule has 2 fully saturated rings. The average molecular weight is 518 g/mol. The first-order chi connectivity index (χ1) is 18.3. The largest absolute Gasteiger partial charge is 0.496 e. The summed E-state index contributed by atoms with van der Waals surface area (Å²) < 4.78 is 25.4. The molecule has 5 rings (SSSR count). The van der Waals surface area contributed by atoms with Gasteiger partial charge in [-0.2, -0.15) is 0 Å². The maximum atomic E-state index is 13.6. The van der Waals surface area contributed by atoms with E-state index >= 15 is 0 Å². The molecule has 1 heterocycles. The van der Waals surface area contributed by atoms with Gasteiger partial charge in [-0.25, -0.2) is 4.39 Å². The van der Waals surface area contributed by atoms with Gasteiger partial charge in [0.05, 0.1) is 24.8 Å². The minimum Gasteiger partial charge on any atom is -0.496 e. The molecule has 3 atom stereocenters. The number of ether oxygens (including phenoxy) is 2. The van der Waals surface area contributed by atoms with E-state index < -0.39 is 5.54 Å². The third-order valence-corrected chi connectivity index (χ3v) is 8.02. The Hall–Kier alpha value is -3.42. The number of aryl methyl sites for hydroxylation is 1. The third-order valence-electron chi connectivity index (χ3n) is 8.02. The second-order valence-corrected chi connectivity index (χ2v) is 10.4. The Balaban J connectivity index is 1.35. The van der Waals surface area contributed by atoms with E-state index in [1.165, 1.54) is 12.1 Å². The van der Waals surface area contributed by atoms with Gasteiger partial charge in [0.2, 0.25) is 0 Å². The van der Waals surface area contributed by atoms with E-state index in [-0.39, 0.29) is 23.8 Å². The first kappa shape index (κ1) is 26.2. The van der Waals surface area contributed by atoms with E-state index in [2.05, 4.69) is 10.2 Å². The molecule has 1 saturated carbocycles. The topological polar surface area (TPSA) is 76.8 Å². The molecular formula is C31H36FN3O3. The van der Waals surface area contributed by atoms with Crippen molar-refractivity contribution in [2.75, 3.05) is 20.3 Å². The summed E-state index contributed by atoms with van der Waals surface area (Å²) in [6.45, 7) is 5.98. The number of fused-ring (bicyclic) bond motifs is 1. The molecule has 0 radical (unpaired) electrons. The van der Waals surface area contributed by atoms with Crippen LogP contribution in [0.2, 0.25) is 0 Å². The number of halogens is 1. The van der Waals surface area contributed by atoms with Crippen molar-refractivity contribution >= 4 is 5.91 Å². The Kier molecular flexibility index (Phi) is 7.41. The highest BCUT2D eigenvalue weighted by molar-refractivity contribution is 5.94. The maximum Gasteiger partial charge on any atom is 0.251 e. The highest BCUT2D eigenvalue weighted by Gasteiger charge is 2.54. The fraction of sp³-hybridized carbons (Fsp3) is 0.387. The lowest BCUT2D eigenvalue weighted by molar-refractivity contribution is 0.0919. The van der Waals surface area contributed by atoms with Gasteiger partial charge in [0, 0.05) is 30.7 Å². The van der Waals surface area contributed by atoms with Crippen molar-refractivity contribution in [2.24, 2.45) is 5.73 Å². The molecule has 0 bridgehead atoms. The number of nitrogens with one attached hydrogen (secondary N) is 1. The maximum absolute atomic E-state index is 13.6. The van der Waals surface area contributed by atoms with Crippen LogP contribution in [0, 0.1) is 12.7 Å². The predicted molar refractivity (Wildman–Crippen MR) is 147 cm³/mol. The Morgan fingerprint density at radius 2 is 1.89 bits per heavy atom. The number of benzene rings is 3. The average Bonchev–Trinajstić information content (AvgIpc) is 3.39. The summed E-state index contributed by atoms with van der Waals surface area (Å²) in [6.07, 6.45) is 2.60. The van der Waals surface area contributed by atoms with Crippen molar-refractivity contribution in [3.63, 3.8) is 0 Å². The first-order valence-electron chi connectivity index (χ1n) is 13.3. The molecule has 200 valence electrons. The molecule has 3 N–H and O–H groups in total. The molecule has 3 unspecified atom stereocenters. The summed E-state index contributed by atoms with van der Waals surface area (Å²) in [4.78, 5) is 15.4. The van der Waals surface area contributed by atoms with Gasteiger partial charge in [-0.15, -0.1) is 0 Å². The molecule has 1 aliphatic heterocycles. The lowest BCUT2D eigenvalue weighted by Crippen LogP contribution is -2.59. The molecule has 38 heavy (non-hydrogen) atoms. The quantitative estimate of drug-likeness (QED) is 0.436. The fourth-order valence-corrected chi connectivity index (χ4v) is 6.18. The van der Waals surface area contributed by atoms with Gasteiger partial charge in [-0.05, 0) is 80.6 Å². The Labute approximate surface area is 223 Å². The number of likely N-dealkylation sites (tertiary alicyclic amines) is 1. The normalized spacial score (nSPS) is 22.8. The number of carbonyl (C=O) groups is 1. The van der Waals surface area contributed by atoms with Crippen LogP contribution >= 0.6 is 0 Å². The van der Waals surface area contributed by atoms with Gasteiger partial charge in [-0.1, -0.05) is 29.8 Å². The van der Waals surface area contributed by atoms with Gasteiger partial charge in [0.25, 0.3) is 5.91 Å². The first-order valence-corrected chi connectivity index (χ1v) is 13.3. The van der Waals surface area contributed by atoms with Gasteiger partial charge >= 0.3 is 0 Å². The minimum atomic E-state index is -0.472. The standard InChI is InChI=1S/C31H36FN3O3/c1-4-38-26-18-21(17-25(37-3)29(26)22-8-10-24(32)11-9-22)19-35-15-14-31(33)27(12-13-28(31)35)34-30(36)23-7-5-6-20(2)16-23/h5-11,16-18,27-28H,4,12-15,19,33H2,1-3H3,(H,34,36). The molecule has 3 aromatic rings. The van der Waals surface area contributed by atoms with Crippen molar-refractivity contribution in [3.8, 4) is 22.6 Å². The highest BCUT2D eigenvalue weighted by Crippen LogP contribution is 2.43. The second-order valence-electron chi connectivity index (χ2n) is 10.4. The molecule has 7 heteroatoms. The molecule has 0 spiro atoms. The van der Waals surface area contributed by atoms with E-state index in [1.807, 2.05) is 50.2 Å². The van der Waals surface area contributed by atoms with E-state index in [9.17, 15) is 9.18 Å². The molecular weight excluding hydrogens is 481 g/mol. The van der Waals surface area contributed by atoms with Crippen LogP contribution in [-0.4, -0.2) is 48.7 Å². The summed E-state index contributed by atoms with van der Waals surface area (Å²) in [5.41, 5.74) is 11.0. The third kappa shape index (κ3) is 5.00. The lowest BCUT2D eigenvalue weighted by atomic mass is 9.90. The van der Waals surface area contributed by atoms with Crippen molar-refractivity contribution in [1.82, 2.24) is 10.2 Å². The number of rotatable bonds is 8. The lowest BCUT2D eigenvalue weighted by Gasteiger charge is -2.33. The number of methoxy groups -OCH3 is 1. The zero-order valence-electron chi connectivity index (χ0n) is 22.3. The summed E-state index contributed by atoms with van der Waals surface area (Å²) in [5.74, 6) is 1.04. The van der Waals surface area contributed by atoms with Crippen LogP contribution in [-0.2, 0) is 6.54 Å². The van der Waals surface area contributed by atoms with Crippen LogP contribution < -0.4 is 20.5 Å². The number of carbonyl (C=O) groups excluding carboxylic acids is 1. The van der Waals surface area contributed by atoms with Gasteiger partial charge in [0.1, 0.15) is 17.3 Å². The van der Waals surface area contributed by atoms with Gasteiger partial charge in [0.15, 0.2) is 0 Å². The van der Waals surface area contributed by atoms with Crippen LogP contribution in [0.15, 0.2) is 60.7 Å². The summed E-state index contributed by atoms with van der Waals surface area (Å²) >= 11 is 0. The molecule has 1 saturated heterocycles.